The van der Waals surface area contributed by atoms with Crippen molar-refractivity contribution in [1.29, 1.82) is 0 Å². The Bertz CT molecular complexity index is 1090. The normalized spacial score (nSPS) is 21.0. The van der Waals surface area contributed by atoms with Crippen LogP contribution in [0.1, 0.15) is 71.1 Å². The molecule has 8 nitrogen and oxygen atoms in total. The highest BCUT2D eigenvalue weighted by molar-refractivity contribution is 5.95. The number of pyridine rings is 1. The molecule has 1 saturated carbocycles. The van der Waals surface area contributed by atoms with E-state index in [2.05, 4.69) is 9.97 Å². The zero-order valence-electron chi connectivity index (χ0n) is 17.8. The molecule has 2 aliphatic heterocycles. The maximum Gasteiger partial charge on any atom is 0.256 e. The lowest BCUT2D eigenvalue weighted by Gasteiger charge is -2.33. The van der Waals surface area contributed by atoms with Gasteiger partial charge < -0.3 is 14.8 Å². The minimum atomic E-state index is -0.202. The van der Waals surface area contributed by atoms with E-state index >= 15 is 0 Å². The van der Waals surface area contributed by atoms with Gasteiger partial charge >= 0.3 is 0 Å². The number of aromatic nitrogens is 3. The van der Waals surface area contributed by atoms with Gasteiger partial charge in [0.25, 0.3) is 11.5 Å². The molecule has 0 aromatic carbocycles. The maximum atomic E-state index is 13.0. The fraction of sp³-hybridized carbons (Fsp3) is 0.522. The molecule has 1 atom stereocenters. The lowest BCUT2D eigenvalue weighted by atomic mass is 9.84. The van der Waals surface area contributed by atoms with Crippen molar-refractivity contribution in [2.24, 2.45) is 5.92 Å². The summed E-state index contributed by atoms with van der Waals surface area (Å²) in [7, 11) is 0. The van der Waals surface area contributed by atoms with E-state index in [0.29, 0.717) is 29.9 Å². The molecule has 4 heterocycles. The first kappa shape index (κ1) is 19.9. The molecule has 0 spiro atoms. The van der Waals surface area contributed by atoms with Gasteiger partial charge in [-0.2, -0.15) is 0 Å². The van der Waals surface area contributed by atoms with Gasteiger partial charge in [-0.25, -0.2) is 4.98 Å². The highest BCUT2D eigenvalue weighted by Crippen LogP contribution is 2.36. The number of carbonyl (C=O) groups is 2. The Morgan fingerprint density at radius 3 is 2.74 bits per heavy atom. The van der Waals surface area contributed by atoms with E-state index in [9.17, 15) is 14.4 Å². The van der Waals surface area contributed by atoms with Crippen LogP contribution in [0.5, 0.6) is 0 Å². The van der Waals surface area contributed by atoms with Crippen LogP contribution in [0.25, 0.3) is 0 Å². The van der Waals surface area contributed by atoms with Crippen molar-refractivity contribution in [3.8, 4) is 0 Å². The summed E-state index contributed by atoms with van der Waals surface area (Å²) in [4.78, 5) is 54.1. The fourth-order valence-corrected chi connectivity index (χ4v) is 4.86. The van der Waals surface area contributed by atoms with E-state index in [0.717, 1.165) is 49.9 Å². The van der Waals surface area contributed by atoms with Crippen LogP contribution in [0.4, 0.5) is 0 Å². The van der Waals surface area contributed by atoms with Crippen molar-refractivity contribution in [3.05, 3.63) is 57.0 Å². The fourth-order valence-electron chi connectivity index (χ4n) is 4.86. The zero-order chi connectivity index (χ0) is 21.5. The second-order valence-corrected chi connectivity index (χ2v) is 8.86. The van der Waals surface area contributed by atoms with Crippen molar-refractivity contribution in [3.63, 3.8) is 0 Å². The highest BCUT2D eigenvalue weighted by atomic mass is 16.2. The van der Waals surface area contributed by atoms with Crippen LogP contribution in [-0.2, 0) is 17.8 Å². The van der Waals surface area contributed by atoms with Gasteiger partial charge in [0.05, 0.1) is 23.8 Å². The lowest BCUT2D eigenvalue weighted by Crippen LogP contribution is -2.42. The van der Waals surface area contributed by atoms with E-state index in [1.54, 1.807) is 23.4 Å². The van der Waals surface area contributed by atoms with Crippen molar-refractivity contribution in [2.75, 3.05) is 13.1 Å². The number of nitrogens with zero attached hydrogens (tertiary/aromatic N) is 4. The number of carbonyl (C=O) groups excluding carboxylic acids is 2. The molecule has 1 saturated heterocycles. The van der Waals surface area contributed by atoms with Crippen molar-refractivity contribution >= 4 is 11.8 Å². The van der Waals surface area contributed by atoms with Gasteiger partial charge in [0.15, 0.2) is 0 Å². The van der Waals surface area contributed by atoms with Gasteiger partial charge in [0.2, 0.25) is 5.91 Å². The molecule has 1 aliphatic carbocycles. The van der Waals surface area contributed by atoms with Crippen LogP contribution >= 0.6 is 0 Å². The van der Waals surface area contributed by atoms with Gasteiger partial charge in [-0.15, -0.1) is 0 Å². The zero-order valence-corrected chi connectivity index (χ0v) is 17.8. The Balaban J connectivity index is 1.38. The molecule has 8 heteroatoms. The van der Waals surface area contributed by atoms with Crippen LogP contribution in [0.15, 0.2) is 23.3 Å². The molecule has 0 bridgehead atoms. The Hall–Kier alpha value is -3.03. The molecule has 0 radical (unpaired) electrons. The quantitative estimate of drug-likeness (QED) is 0.819. The number of hydrogen-bond acceptors (Lipinski definition) is 5. The van der Waals surface area contributed by atoms with Crippen LogP contribution < -0.4 is 5.56 Å². The summed E-state index contributed by atoms with van der Waals surface area (Å²) in [6.07, 6.45) is 8.63. The summed E-state index contributed by atoms with van der Waals surface area (Å²) in [5, 5.41) is 0. The molecule has 2 aromatic rings. The topological polar surface area (TPSA) is 99.3 Å². The Morgan fingerprint density at radius 2 is 2.00 bits per heavy atom. The number of aryl methyl sites for hydroxylation is 1. The number of nitrogens with one attached hydrogen (secondary N) is 1. The van der Waals surface area contributed by atoms with Crippen molar-refractivity contribution < 1.29 is 9.59 Å². The predicted octanol–water partition coefficient (Wildman–Crippen LogP) is 2.14. The van der Waals surface area contributed by atoms with Gasteiger partial charge in [-0.1, -0.05) is 6.42 Å². The van der Waals surface area contributed by atoms with E-state index in [-0.39, 0.29) is 35.9 Å². The van der Waals surface area contributed by atoms with E-state index in [4.69, 9.17) is 4.98 Å². The third-order valence-corrected chi connectivity index (χ3v) is 6.93. The molecule has 2 aromatic heterocycles. The summed E-state index contributed by atoms with van der Waals surface area (Å²) < 4.78 is 0. The summed E-state index contributed by atoms with van der Waals surface area (Å²) in [6.45, 7) is 3.35. The third kappa shape index (κ3) is 3.54. The molecular weight excluding hydrogens is 394 g/mol. The largest absolute Gasteiger partial charge is 0.334 e. The Morgan fingerprint density at radius 1 is 1.16 bits per heavy atom. The van der Waals surface area contributed by atoms with E-state index in [1.807, 2.05) is 11.8 Å². The molecular formula is C23H27N5O3. The molecule has 31 heavy (non-hydrogen) atoms. The number of fused-ring (bicyclic) bond motifs is 1. The number of amides is 2. The summed E-state index contributed by atoms with van der Waals surface area (Å²) in [5.74, 6) is 0.848. The number of likely N-dealkylation sites (tertiary alicyclic amines) is 1. The first-order valence-electron chi connectivity index (χ1n) is 11.1. The van der Waals surface area contributed by atoms with Gasteiger partial charge in [0, 0.05) is 43.4 Å². The van der Waals surface area contributed by atoms with Gasteiger partial charge in [-0.3, -0.25) is 19.4 Å². The molecule has 0 unspecified atom stereocenters. The van der Waals surface area contributed by atoms with Crippen LogP contribution in [-0.4, -0.2) is 49.7 Å². The molecule has 2 amide bonds. The minimum absolute atomic E-state index is 0.0953. The lowest BCUT2D eigenvalue weighted by molar-refractivity contribution is -0.139. The number of rotatable bonds is 3. The predicted molar refractivity (Wildman–Crippen MR) is 113 cm³/mol. The second-order valence-electron chi connectivity index (χ2n) is 8.86. The molecule has 2 fully saturated rings. The second kappa shape index (κ2) is 7.90. The number of aromatic amines is 1. The van der Waals surface area contributed by atoms with Gasteiger partial charge in [-0.05, 0) is 44.2 Å². The number of H-pyrrole nitrogens is 1. The van der Waals surface area contributed by atoms with E-state index in [1.165, 1.54) is 0 Å². The third-order valence-electron chi connectivity index (χ3n) is 6.93. The first-order chi connectivity index (χ1) is 15.0. The Kier molecular flexibility index (Phi) is 5.08. The Labute approximate surface area is 180 Å². The average Bonchev–Trinajstić information content (AvgIpc) is 3.22. The molecule has 3 aliphatic rings. The average molecular weight is 422 g/mol. The standard InChI is InChI=1S/C23H27N5O3/c1-14-12-24-9-7-16(14)23(31)27-11-8-18-17(13-27)21(29)26-20(25-18)19-6-3-10-28(19)22(30)15-4-2-5-15/h7,9,12,15,19H,2-6,8,10-11,13H2,1H3,(H,25,26,29)/t19-/m1/s1. The minimum Gasteiger partial charge on any atom is -0.334 e. The first-order valence-corrected chi connectivity index (χ1v) is 11.1. The molecule has 1 N–H and O–H groups in total. The summed E-state index contributed by atoms with van der Waals surface area (Å²) in [5.41, 5.74) is 2.52. The van der Waals surface area contributed by atoms with Gasteiger partial charge in [0.1, 0.15) is 5.82 Å². The summed E-state index contributed by atoms with van der Waals surface area (Å²) in [6, 6.07) is 1.57. The van der Waals surface area contributed by atoms with Crippen LogP contribution in [0, 0.1) is 12.8 Å². The number of hydrogen-bond donors (Lipinski definition) is 1. The monoisotopic (exact) mass is 421 g/mol. The highest BCUT2D eigenvalue weighted by Gasteiger charge is 2.38. The van der Waals surface area contributed by atoms with Crippen LogP contribution in [0.3, 0.4) is 0 Å². The summed E-state index contributed by atoms with van der Waals surface area (Å²) >= 11 is 0. The van der Waals surface area contributed by atoms with E-state index < -0.39 is 0 Å². The molecule has 162 valence electrons. The SMILES string of the molecule is Cc1cnccc1C(=O)N1CCc2nc([C@H]3CCCN3C(=O)C3CCC3)[nH]c(=O)c2C1. The van der Waals surface area contributed by atoms with Crippen molar-refractivity contribution in [1.82, 2.24) is 24.8 Å². The van der Waals surface area contributed by atoms with Crippen molar-refractivity contribution in [2.45, 2.75) is 58.0 Å². The smallest absolute Gasteiger partial charge is 0.256 e. The molecule has 5 rings (SSSR count). The maximum absolute atomic E-state index is 13.0. The van der Waals surface area contributed by atoms with Crippen LogP contribution in [0.2, 0.25) is 0 Å².